The van der Waals surface area contributed by atoms with Crippen molar-refractivity contribution in [1.29, 1.82) is 0 Å². The van der Waals surface area contributed by atoms with Crippen LogP contribution >= 0.6 is 11.6 Å². The lowest BCUT2D eigenvalue weighted by atomic mass is 10.1. The second kappa shape index (κ2) is 5.28. The van der Waals surface area contributed by atoms with Crippen LogP contribution in [0.1, 0.15) is 38.3 Å². The van der Waals surface area contributed by atoms with Crippen molar-refractivity contribution in [3.8, 4) is 0 Å². The first kappa shape index (κ1) is 12.7. The number of benzene rings is 1. The van der Waals surface area contributed by atoms with E-state index in [0.29, 0.717) is 0 Å². The van der Waals surface area contributed by atoms with Crippen molar-refractivity contribution < 1.29 is 0 Å². The Morgan fingerprint density at radius 2 is 2.18 bits per heavy atom. The van der Waals surface area contributed by atoms with Crippen LogP contribution < -0.4 is 10.6 Å². The van der Waals surface area contributed by atoms with E-state index in [0.717, 1.165) is 35.3 Å². The molecule has 0 spiro atoms. The first-order valence-electron chi connectivity index (χ1n) is 6.41. The molecule has 0 unspecified atom stereocenters. The Labute approximate surface area is 109 Å². The summed E-state index contributed by atoms with van der Waals surface area (Å²) in [6, 6.07) is 6.23. The molecule has 1 saturated carbocycles. The largest absolute Gasteiger partial charge is 0.370 e. The van der Waals surface area contributed by atoms with Crippen LogP contribution in [0.25, 0.3) is 0 Å². The zero-order valence-electron chi connectivity index (χ0n) is 10.6. The van der Waals surface area contributed by atoms with Crippen LogP contribution in [0.4, 0.5) is 5.69 Å². The molecule has 0 radical (unpaired) electrons. The van der Waals surface area contributed by atoms with E-state index in [1.807, 2.05) is 13.0 Å². The number of rotatable bonds is 5. The fraction of sp³-hybridized carbons (Fsp3) is 0.571. The molecule has 1 atom stereocenters. The van der Waals surface area contributed by atoms with Crippen LogP contribution in [0.5, 0.6) is 0 Å². The van der Waals surface area contributed by atoms with Crippen molar-refractivity contribution in [2.75, 3.05) is 18.0 Å². The Hall–Kier alpha value is -0.730. The van der Waals surface area contributed by atoms with E-state index in [-0.39, 0.29) is 6.04 Å². The van der Waals surface area contributed by atoms with E-state index in [9.17, 15) is 0 Å². The third-order valence-electron chi connectivity index (χ3n) is 3.40. The summed E-state index contributed by atoms with van der Waals surface area (Å²) in [6.07, 6.45) is 2.73. The molecule has 0 bridgehead atoms. The molecule has 2 rings (SSSR count). The van der Waals surface area contributed by atoms with Gasteiger partial charge in [0.2, 0.25) is 0 Å². The first-order valence-corrected chi connectivity index (χ1v) is 6.79. The predicted octanol–water partition coefficient (Wildman–Crippen LogP) is 3.60. The van der Waals surface area contributed by atoms with Crippen LogP contribution in [-0.2, 0) is 0 Å². The molecule has 17 heavy (non-hydrogen) atoms. The molecule has 1 aliphatic carbocycles. The van der Waals surface area contributed by atoms with Gasteiger partial charge in [0.05, 0.1) is 10.7 Å². The van der Waals surface area contributed by atoms with E-state index >= 15 is 0 Å². The SMILES string of the molecule is CCN(CC1CC1)c1ccc([C@@H](C)N)cc1Cl. The van der Waals surface area contributed by atoms with Crippen LogP contribution in [0.3, 0.4) is 0 Å². The number of hydrogen-bond acceptors (Lipinski definition) is 2. The Bertz CT molecular complexity index is 386. The summed E-state index contributed by atoms with van der Waals surface area (Å²) in [7, 11) is 0. The molecule has 0 amide bonds. The van der Waals surface area contributed by atoms with Crippen molar-refractivity contribution in [3.05, 3.63) is 28.8 Å². The standard InChI is InChI=1S/C14H21ClN2/c1-3-17(9-11-4-5-11)14-7-6-12(10(2)16)8-13(14)15/h6-8,10-11H,3-5,9,16H2,1-2H3/t10-/m1/s1. The van der Waals surface area contributed by atoms with Gasteiger partial charge in [0.25, 0.3) is 0 Å². The summed E-state index contributed by atoms with van der Waals surface area (Å²) in [6.45, 7) is 6.30. The predicted molar refractivity (Wildman–Crippen MR) is 74.7 cm³/mol. The average Bonchev–Trinajstić information content (AvgIpc) is 3.10. The number of nitrogens with two attached hydrogens (primary N) is 1. The molecule has 0 saturated heterocycles. The highest BCUT2D eigenvalue weighted by molar-refractivity contribution is 6.33. The number of anilines is 1. The molecule has 2 N–H and O–H groups in total. The molecule has 2 nitrogen and oxygen atoms in total. The van der Waals surface area contributed by atoms with Gasteiger partial charge in [-0.15, -0.1) is 0 Å². The van der Waals surface area contributed by atoms with Crippen LogP contribution in [0, 0.1) is 5.92 Å². The monoisotopic (exact) mass is 252 g/mol. The van der Waals surface area contributed by atoms with Crippen LogP contribution in [0.2, 0.25) is 5.02 Å². The van der Waals surface area contributed by atoms with E-state index in [2.05, 4.69) is 24.0 Å². The molecule has 94 valence electrons. The molecule has 1 aromatic carbocycles. The summed E-state index contributed by atoms with van der Waals surface area (Å²) in [5, 5.41) is 0.822. The lowest BCUT2D eigenvalue weighted by Crippen LogP contribution is -2.25. The van der Waals surface area contributed by atoms with Crippen molar-refractivity contribution in [3.63, 3.8) is 0 Å². The lowest BCUT2D eigenvalue weighted by molar-refractivity contribution is 0.741. The van der Waals surface area contributed by atoms with E-state index in [1.54, 1.807) is 0 Å². The molecule has 1 fully saturated rings. The number of nitrogens with zero attached hydrogens (tertiary/aromatic N) is 1. The fourth-order valence-corrected chi connectivity index (χ4v) is 2.38. The molecule has 3 heteroatoms. The van der Waals surface area contributed by atoms with Crippen molar-refractivity contribution in [1.82, 2.24) is 0 Å². The summed E-state index contributed by atoms with van der Waals surface area (Å²) in [5.41, 5.74) is 8.10. The maximum Gasteiger partial charge on any atom is 0.0642 e. The van der Waals surface area contributed by atoms with E-state index in [4.69, 9.17) is 17.3 Å². The third-order valence-corrected chi connectivity index (χ3v) is 3.70. The molecule has 0 heterocycles. The van der Waals surface area contributed by atoms with Gasteiger partial charge in [0, 0.05) is 19.1 Å². The van der Waals surface area contributed by atoms with Gasteiger partial charge in [-0.3, -0.25) is 0 Å². The summed E-state index contributed by atoms with van der Waals surface area (Å²) < 4.78 is 0. The molecule has 0 aromatic heterocycles. The van der Waals surface area contributed by atoms with Crippen molar-refractivity contribution in [2.24, 2.45) is 11.7 Å². The van der Waals surface area contributed by atoms with Gasteiger partial charge in [-0.05, 0) is 50.3 Å². The average molecular weight is 253 g/mol. The van der Waals surface area contributed by atoms with E-state index < -0.39 is 0 Å². The minimum absolute atomic E-state index is 0.0417. The maximum atomic E-state index is 6.35. The Morgan fingerprint density at radius 1 is 1.47 bits per heavy atom. The molecule has 1 aliphatic rings. The van der Waals surface area contributed by atoms with Gasteiger partial charge in [-0.1, -0.05) is 17.7 Å². The zero-order chi connectivity index (χ0) is 12.4. The quantitative estimate of drug-likeness (QED) is 0.868. The van der Waals surface area contributed by atoms with Gasteiger partial charge < -0.3 is 10.6 Å². The highest BCUT2D eigenvalue weighted by Gasteiger charge is 2.24. The summed E-state index contributed by atoms with van der Waals surface area (Å²) >= 11 is 6.35. The molecular weight excluding hydrogens is 232 g/mol. The topological polar surface area (TPSA) is 29.3 Å². The Balaban J connectivity index is 2.17. The maximum absolute atomic E-state index is 6.35. The summed E-state index contributed by atoms with van der Waals surface area (Å²) in [5.74, 6) is 0.874. The van der Waals surface area contributed by atoms with Gasteiger partial charge in [-0.2, -0.15) is 0 Å². The van der Waals surface area contributed by atoms with Crippen molar-refractivity contribution >= 4 is 17.3 Å². The smallest absolute Gasteiger partial charge is 0.0642 e. The number of hydrogen-bond donors (Lipinski definition) is 1. The summed E-state index contributed by atoms with van der Waals surface area (Å²) in [4.78, 5) is 2.37. The Morgan fingerprint density at radius 3 is 2.65 bits per heavy atom. The second-order valence-electron chi connectivity index (χ2n) is 4.98. The molecular formula is C14H21ClN2. The fourth-order valence-electron chi connectivity index (χ4n) is 2.07. The van der Waals surface area contributed by atoms with Crippen LogP contribution in [0.15, 0.2) is 18.2 Å². The van der Waals surface area contributed by atoms with Gasteiger partial charge in [0.1, 0.15) is 0 Å². The lowest BCUT2D eigenvalue weighted by Gasteiger charge is -2.24. The van der Waals surface area contributed by atoms with Gasteiger partial charge >= 0.3 is 0 Å². The first-order chi connectivity index (χ1) is 8.11. The van der Waals surface area contributed by atoms with Crippen molar-refractivity contribution in [2.45, 2.75) is 32.7 Å². The molecule has 1 aromatic rings. The van der Waals surface area contributed by atoms with E-state index in [1.165, 1.54) is 12.8 Å². The highest BCUT2D eigenvalue weighted by atomic mass is 35.5. The number of halogens is 1. The minimum atomic E-state index is 0.0417. The van der Waals surface area contributed by atoms with Gasteiger partial charge in [-0.25, -0.2) is 0 Å². The Kier molecular flexibility index (Phi) is 3.95. The van der Waals surface area contributed by atoms with Gasteiger partial charge in [0.15, 0.2) is 0 Å². The third kappa shape index (κ3) is 3.14. The second-order valence-corrected chi connectivity index (χ2v) is 5.39. The molecule has 0 aliphatic heterocycles. The zero-order valence-corrected chi connectivity index (χ0v) is 11.4. The highest BCUT2D eigenvalue weighted by Crippen LogP contribution is 2.34. The van der Waals surface area contributed by atoms with Crippen LogP contribution in [-0.4, -0.2) is 13.1 Å². The minimum Gasteiger partial charge on any atom is -0.370 e. The normalized spacial score (nSPS) is 16.9.